The topological polar surface area (TPSA) is 21.4 Å². The van der Waals surface area contributed by atoms with Crippen molar-refractivity contribution in [2.75, 3.05) is 51.3 Å². The van der Waals surface area contributed by atoms with E-state index < -0.39 is 7.54 Å². The first-order chi connectivity index (χ1) is 68.4. The predicted octanol–water partition coefficient (Wildman–Crippen LogP) is 36.8. The molecule has 3 unspecified atom stereocenters. The van der Waals surface area contributed by atoms with E-state index in [-0.39, 0.29) is 0 Å². The van der Waals surface area contributed by atoms with E-state index in [0.29, 0.717) is 17.8 Å². The zero-order chi connectivity index (χ0) is 97.3. The highest BCUT2D eigenvalue weighted by atomic mass is 33.1. The number of thiazole rings is 3. The molecule has 6 heterocycles. The Morgan fingerprint density at radius 1 is 0.443 bits per heavy atom. The van der Waals surface area contributed by atoms with E-state index >= 15 is 0 Å². The molecule has 2 saturated carbocycles. The number of hydrogen-bond donors (Lipinski definition) is 0. The molecule has 0 bridgehead atoms. The summed E-state index contributed by atoms with van der Waals surface area (Å²) < 4.78 is 40.0. The molecule has 0 amide bonds. The van der Waals surface area contributed by atoms with Gasteiger partial charge in [-0.25, -0.2) is 0 Å². The van der Waals surface area contributed by atoms with Crippen LogP contribution in [0.1, 0.15) is 145 Å². The van der Waals surface area contributed by atoms with Crippen LogP contribution < -0.4 is 28.4 Å². The second kappa shape index (κ2) is 51.0. The zero-order valence-corrected chi connectivity index (χ0v) is 94.3. The molecule has 3 atom stereocenters. The summed E-state index contributed by atoms with van der Waals surface area (Å²) in [4.78, 5) is 21.4. The van der Waals surface area contributed by atoms with Gasteiger partial charge in [-0.2, -0.15) is 9.13 Å². The highest BCUT2D eigenvalue weighted by Crippen LogP contribution is 2.55. The summed E-state index contributed by atoms with van der Waals surface area (Å²) in [7, 11) is 7.51. The number of halogens is 3. The molecule has 3 aromatic heterocycles. The molecular weight excluding hydrogens is 2070 g/mol. The van der Waals surface area contributed by atoms with E-state index in [2.05, 4.69) is 326 Å². The number of benzene rings is 6. The van der Waals surface area contributed by atoms with Gasteiger partial charge in [-0.05, 0) is 314 Å². The van der Waals surface area contributed by atoms with E-state index in [0.717, 1.165) is 72.3 Å². The van der Waals surface area contributed by atoms with Crippen molar-refractivity contribution in [3.8, 4) is 22.6 Å². The first-order valence-electron chi connectivity index (χ1n) is 47.6. The van der Waals surface area contributed by atoms with Crippen molar-refractivity contribution in [1.82, 2.24) is 0 Å². The van der Waals surface area contributed by atoms with Crippen LogP contribution in [0.4, 0.5) is 30.0 Å². The monoisotopic (exact) mass is 2190 g/mol. The van der Waals surface area contributed by atoms with Crippen molar-refractivity contribution in [3.05, 3.63) is 305 Å². The van der Waals surface area contributed by atoms with Gasteiger partial charge in [0.15, 0.2) is 0 Å². The van der Waals surface area contributed by atoms with Gasteiger partial charge in [-0.1, -0.05) is 231 Å². The van der Waals surface area contributed by atoms with Gasteiger partial charge in [0.25, 0.3) is 15.0 Å². The van der Waals surface area contributed by atoms with Gasteiger partial charge in [0.05, 0.1) is 37.4 Å². The van der Waals surface area contributed by atoms with Gasteiger partial charge >= 0.3 is 7.54 Å². The average Bonchev–Trinajstić information content (AvgIpc) is 1.62. The van der Waals surface area contributed by atoms with E-state index in [9.17, 15) is 12.9 Å². The fraction of sp³-hybridized carbons (Fsp3) is 0.295. The van der Waals surface area contributed by atoms with E-state index in [4.69, 9.17) is 0 Å². The molecule has 8 aliphatic carbocycles. The number of rotatable bonds is 30. The number of allylic oxidation sites excluding steroid dienone is 18. The molecule has 11 aliphatic rings. The lowest BCUT2D eigenvalue weighted by Crippen LogP contribution is -2.33. The highest BCUT2D eigenvalue weighted by Gasteiger charge is 2.35. The maximum atomic E-state index is 9.67. The van der Waals surface area contributed by atoms with E-state index in [1.54, 1.807) is 95.8 Å². The lowest BCUT2D eigenvalue weighted by molar-refractivity contribution is -0.665. The van der Waals surface area contributed by atoms with Gasteiger partial charge in [0, 0.05) is 159 Å². The second-order valence-electron chi connectivity index (χ2n) is 34.6. The van der Waals surface area contributed by atoms with Crippen molar-refractivity contribution in [2.24, 2.45) is 24.8 Å². The van der Waals surface area contributed by atoms with Gasteiger partial charge in [0.1, 0.15) is 27.7 Å². The zero-order valence-electron chi connectivity index (χ0n) is 79.6. The summed E-state index contributed by atoms with van der Waals surface area (Å²) in [6, 6.07) is 43.8. The highest BCUT2D eigenvalue weighted by molar-refractivity contribution is 8.78. The molecule has 2 fully saturated rings. The quantitative estimate of drug-likeness (QED) is 0.00810. The largest absolute Gasteiger partial charge is 0.762 e. The lowest BCUT2D eigenvalue weighted by atomic mass is 9.77. The molecular formula is C112H113BF3N6S18+3. The number of aryl methyl sites for hydroxylation is 2. The van der Waals surface area contributed by atoms with Gasteiger partial charge < -0.3 is 9.80 Å². The average molecular weight is 2190 g/mol. The van der Waals surface area contributed by atoms with Crippen LogP contribution in [0, 0.1) is 40.3 Å². The molecule has 0 N–H and O–H groups in total. The molecule has 9 aromatic rings. The molecule has 20 rings (SSSR count). The number of fused-ring (bicyclic) bond motifs is 9. The number of hydrogen-bond acceptors (Lipinski definition) is 21. The van der Waals surface area contributed by atoms with Crippen molar-refractivity contribution in [2.45, 2.75) is 201 Å². The Morgan fingerprint density at radius 2 is 0.929 bits per heavy atom. The van der Waals surface area contributed by atoms with Crippen LogP contribution in [0.15, 0.2) is 344 Å². The number of aromatic nitrogens is 3. The summed E-state index contributed by atoms with van der Waals surface area (Å²) in [5, 5.41) is 23.7. The third kappa shape index (κ3) is 26.9. The van der Waals surface area contributed by atoms with E-state index in [1.165, 1.54) is 253 Å². The maximum Gasteiger partial charge on any atom is 0.762 e. The molecule has 3 aliphatic heterocycles. The minimum atomic E-state index is -3.67. The van der Waals surface area contributed by atoms with Crippen LogP contribution in [0.25, 0.3) is 48.9 Å². The van der Waals surface area contributed by atoms with Crippen molar-refractivity contribution < 1.29 is 26.6 Å². The smallest absolute Gasteiger partial charge is 0.338 e. The lowest BCUT2D eigenvalue weighted by Gasteiger charge is -2.28. The van der Waals surface area contributed by atoms with Crippen molar-refractivity contribution in [3.63, 3.8) is 0 Å². The Bertz CT molecular complexity index is 6820. The predicted molar refractivity (Wildman–Crippen MR) is 631 cm³/mol. The Kier molecular flexibility index (Phi) is 38.4. The normalized spacial score (nSPS) is 19.9. The number of thioether (sulfide) groups is 11. The molecule has 6 nitrogen and oxygen atoms in total. The Morgan fingerprint density at radius 3 is 1.51 bits per heavy atom. The van der Waals surface area contributed by atoms with Crippen LogP contribution >= 0.6 is 207 Å². The van der Waals surface area contributed by atoms with Gasteiger partial charge in [-0.15, -0.1) is 60.2 Å². The van der Waals surface area contributed by atoms with Gasteiger partial charge in [-0.3, -0.25) is 17.8 Å². The minimum Gasteiger partial charge on any atom is -0.338 e. The first-order valence-corrected chi connectivity index (χ1v) is 64.3. The fourth-order valence-corrected chi connectivity index (χ4v) is 33.6. The SMILES string of the molecule is C=CCSc1ccc2c(c1)S/C(=C\C1=CC3=C/C(=C/c4sc5cc(SCC=C)ccc5[n+]4C#CSSCC)CCC3CC1)N2C#CSSCC.C=CSc1cc2c(cc1SC=C)N(C)/C(=C/C1=CC3=C/C(=C/c4sc5cc(SC=C)c(SC=C)cc5[n+]4C)CCC3CC1)S2.CCN1/C(=C/C2=CC3=C/C(=C/c4sc5ccc(SC6CC6)cc5[n+]4CC)CCC3CC2)Sc2ccc(SC3CC3)cc21.FB(F)F. The Balaban J connectivity index is 0.000000142. The summed E-state index contributed by atoms with van der Waals surface area (Å²) in [6.07, 6.45) is 53.1. The minimum absolute atomic E-state index is 0.617. The second-order valence-corrected chi connectivity index (χ2v) is 54.7. The fourth-order valence-electron chi connectivity index (χ4n) is 18.2. The third-order valence-electron chi connectivity index (χ3n) is 25.2. The Hall–Kier alpha value is -6.07. The van der Waals surface area contributed by atoms with Crippen LogP contribution in [0.2, 0.25) is 0 Å². The summed E-state index contributed by atoms with van der Waals surface area (Å²) in [5.41, 5.74) is 20.7. The van der Waals surface area contributed by atoms with Crippen LogP contribution in [0.3, 0.4) is 0 Å². The molecule has 28 heteroatoms. The third-order valence-corrected chi connectivity index (χ3v) is 43.4. The summed E-state index contributed by atoms with van der Waals surface area (Å²) in [5.74, 6) is 5.89. The Labute approximate surface area is 902 Å². The molecule has 0 saturated heterocycles. The van der Waals surface area contributed by atoms with Crippen molar-refractivity contribution >= 4 is 280 Å². The van der Waals surface area contributed by atoms with Gasteiger partial charge in [0.2, 0.25) is 22.6 Å². The van der Waals surface area contributed by atoms with Crippen LogP contribution in [0.5, 0.6) is 0 Å². The van der Waals surface area contributed by atoms with E-state index in [1.807, 2.05) is 127 Å². The standard InChI is InChI=1S/C40H39N2S8.C36H35N2S6.C36H39N2S4.BF3/c1-5-19-43-33-13-15-35-37(27-33)49-39(41(35)17-21-47-45-7-3)25-29-9-11-31-12-10-30(24-32(31)23-29)26-40-42(18-22-48-46-8-4)36-16-14-34(44-20-6-2)28-38(36)50-40;1-7-39-31-19-27-29(21-33(31)41-9-3)43-35(37(27)5)17-23-11-13-25-14-12-24(16-26(25)15-23)18-36-38(6)28-20-32(40-8-2)34(42-10-4)22-30(28)44-36;1-3-37-31-21-29(39-27-9-10-27)13-15-33(31)41-35(37)19-23-5-7-25-8-6-24(18-26(25)17-23)20-36-38(4-2)32-22-30(40-28-11-12-28)14-16-34(32)42-36;2-1(3)4/h5-6,13-16,23-28,31H,1-2,7-12,19-20H2,3-4H3;7-10,15-22,25H,1-4,11-14H2,5-6H3;13-22,25,27-28H,3-12H2,1-2H3;/q3*+1;. The van der Waals surface area contributed by atoms with Crippen LogP contribution in [-0.4, -0.2) is 54.6 Å². The van der Waals surface area contributed by atoms with Crippen LogP contribution in [-0.2, 0) is 13.6 Å². The molecule has 0 radical (unpaired) electrons. The molecule has 140 heavy (non-hydrogen) atoms. The summed E-state index contributed by atoms with van der Waals surface area (Å²) >= 11 is 25.8. The van der Waals surface area contributed by atoms with Crippen molar-refractivity contribution in [1.29, 1.82) is 0 Å². The molecule has 720 valence electrons. The maximum absolute atomic E-state index is 9.67. The number of nitrogens with zero attached hydrogens (tertiary/aromatic N) is 6. The first kappa shape index (κ1) is 105. The number of anilines is 3. The molecule has 6 aromatic carbocycles. The summed E-state index contributed by atoms with van der Waals surface area (Å²) in [6.45, 7) is 34.4. The molecule has 0 spiro atoms.